The van der Waals surface area contributed by atoms with E-state index in [2.05, 4.69) is 36.9 Å². The Kier molecular flexibility index (Phi) is 19.0. The summed E-state index contributed by atoms with van der Waals surface area (Å²) in [5.41, 5.74) is 11.6. The molecule has 0 aromatic heterocycles. The average Bonchev–Trinajstić information content (AvgIpc) is 3.71. The summed E-state index contributed by atoms with van der Waals surface area (Å²) in [5, 5.41) is 25.7. The Morgan fingerprint density at radius 3 is 2.32 bits per heavy atom. The van der Waals surface area contributed by atoms with Crippen molar-refractivity contribution in [1.29, 1.82) is 0 Å². The topological polar surface area (TPSA) is 297 Å². The quantitative estimate of drug-likeness (QED) is 0.0482. The molecule has 1 saturated heterocycles. The molecule has 19 heteroatoms. The first-order valence-electron chi connectivity index (χ1n) is 20.6. The van der Waals surface area contributed by atoms with Gasteiger partial charge in [0.25, 0.3) is 5.91 Å². The number of fused-ring (bicyclic) bond motifs is 1. The van der Waals surface area contributed by atoms with Gasteiger partial charge in [-0.1, -0.05) is 58.7 Å². The second-order valence-corrected chi connectivity index (χ2v) is 15.6. The predicted octanol–water partition coefficient (Wildman–Crippen LogP) is -0.839. The maximum atomic E-state index is 14.2. The van der Waals surface area contributed by atoms with Crippen molar-refractivity contribution in [2.24, 2.45) is 28.3 Å². The van der Waals surface area contributed by atoms with E-state index in [1.807, 2.05) is 13.8 Å². The number of ketones is 1. The molecule has 0 spiro atoms. The maximum absolute atomic E-state index is 14.2. The van der Waals surface area contributed by atoms with Gasteiger partial charge in [0.05, 0.1) is 12.1 Å². The van der Waals surface area contributed by atoms with E-state index in [0.29, 0.717) is 18.4 Å². The zero-order valence-electron chi connectivity index (χ0n) is 35.1. The van der Waals surface area contributed by atoms with Crippen molar-refractivity contribution in [1.82, 2.24) is 36.8 Å². The van der Waals surface area contributed by atoms with Gasteiger partial charge >= 0.3 is 0 Å². The summed E-state index contributed by atoms with van der Waals surface area (Å²) in [6.45, 7) is 8.59. The zero-order valence-corrected chi connectivity index (χ0v) is 35.1. The van der Waals surface area contributed by atoms with Gasteiger partial charge < -0.3 is 53.4 Å². The number of rotatable bonds is 14. The first-order valence-corrected chi connectivity index (χ1v) is 20.6. The van der Waals surface area contributed by atoms with Crippen LogP contribution in [0.4, 0.5) is 0 Å². The standard InChI is InChI=1S/C41H62N10O9/c1-6-23(3)20-33(54)46-25(5)36(56)49-30-22-45-32(53)17-14-27(21-26-12-15-28(52)16-13-26)47-38(58)34(24(4)7-2)50-39(59)35(55)29(10-8-18-44-41(42)43)48-37(57)31-11-9-19-51(31)40(30)60/h12-17,23-25,27,29-31,34,52H,6-11,18-22H2,1-5H3,(H,45,53)(H,46,54)(H,47,58)(H,48,57)(H,49,56)(H,50,59)(H4,42,43,44)/b17-14+/t23?,24-,25-,27+,29-,30-,31?,34+/m0/s1. The fourth-order valence-electron chi connectivity index (χ4n) is 6.73. The molecule has 8 atom stereocenters. The molecule has 11 N–H and O–H groups in total. The molecule has 1 fully saturated rings. The summed E-state index contributed by atoms with van der Waals surface area (Å²) in [7, 11) is 0. The lowest BCUT2D eigenvalue weighted by atomic mass is 9.96. The van der Waals surface area contributed by atoms with Gasteiger partial charge in [0.15, 0.2) is 5.96 Å². The Balaban J connectivity index is 2.05. The first kappa shape index (κ1) is 48.4. The van der Waals surface area contributed by atoms with Crippen molar-refractivity contribution in [2.75, 3.05) is 19.6 Å². The Morgan fingerprint density at radius 2 is 1.67 bits per heavy atom. The van der Waals surface area contributed by atoms with Gasteiger partial charge in [-0.3, -0.25) is 43.3 Å². The second-order valence-electron chi connectivity index (χ2n) is 15.6. The number of amides is 7. The Hall–Kier alpha value is -6.01. The Labute approximate surface area is 350 Å². The lowest BCUT2D eigenvalue weighted by Gasteiger charge is -2.30. The van der Waals surface area contributed by atoms with E-state index >= 15 is 0 Å². The maximum Gasteiger partial charge on any atom is 0.290 e. The molecule has 60 heavy (non-hydrogen) atoms. The third kappa shape index (κ3) is 15.0. The largest absolute Gasteiger partial charge is 0.508 e. The smallest absolute Gasteiger partial charge is 0.290 e. The minimum atomic E-state index is -1.40. The van der Waals surface area contributed by atoms with Crippen molar-refractivity contribution in [3.8, 4) is 5.75 Å². The average molecular weight is 839 g/mol. The number of nitrogens with two attached hydrogens (primary N) is 2. The van der Waals surface area contributed by atoms with Gasteiger partial charge in [-0.05, 0) is 68.6 Å². The molecule has 1 aromatic rings. The molecule has 3 rings (SSSR count). The minimum Gasteiger partial charge on any atom is -0.508 e. The van der Waals surface area contributed by atoms with E-state index in [-0.39, 0.29) is 68.7 Å². The monoisotopic (exact) mass is 838 g/mol. The van der Waals surface area contributed by atoms with Crippen LogP contribution in [0.25, 0.3) is 0 Å². The van der Waals surface area contributed by atoms with Gasteiger partial charge in [-0.15, -0.1) is 0 Å². The van der Waals surface area contributed by atoms with E-state index in [1.165, 1.54) is 30.0 Å². The van der Waals surface area contributed by atoms with Crippen LogP contribution in [-0.4, -0.2) is 119 Å². The third-order valence-electron chi connectivity index (χ3n) is 10.7. The van der Waals surface area contributed by atoms with E-state index in [9.17, 15) is 43.5 Å². The molecule has 19 nitrogen and oxygen atoms in total. The molecule has 7 amide bonds. The number of nitrogens with zero attached hydrogens (tertiary/aromatic N) is 2. The molecule has 0 aliphatic carbocycles. The summed E-state index contributed by atoms with van der Waals surface area (Å²) in [6, 6.07) is -0.815. The van der Waals surface area contributed by atoms with Crippen molar-refractivity contribution < 1.29 is 43.5 Å². The van der Waals surface area contributed by atoms with Gasteiger partial charge in [0.1, 0.15) is 29.9 Å². The van der Waals surface area contributed by atoms with Crippen LogP contribution in [0, 0.1) is 11.8 Å². The summed E-state index contributed by atoms with van der Waals surface area (Å²) in [5.74, 6) is -6.55. The molecule has 0 saturated carbocycles. The molecule has 330 valence electrons. The normalized spacial score (nSPS) is 24.1. The summed E-state index contributed by atoms with van der Waals surface area (Å²) in [4.78, 5) is 114. The highest BCUT2D eigenvalue weighted by Gasteiger charge is 2.40. The van der Waals surface area contributed by atoms with E-state index < -0.39 is 89.9 Å². The van der Waals surface area contributed by atoms with E-state index in [4.69, 9.17) is 11.5 Å². The van der Waals surface area contributed by atoms with Crippen LogP contribution < -0.4 is 43.4 Å². The zero-order chi connectivity index (χ0) is 44.5. The number of hydrogen-bond acceptors (Lipinski definition) is 10. The highest BCUT2D eigenvalue weighted by molar-refractivity contribution is 6.38. The molecule has 2 aliphatic rings. The Bertz CT molecular complexity index is 1760. The Morgan fingerprint density at radius 1 is 0.967 bits per heavy atom. The number of carbonyl (C=O) groups excluding carboxylic acids is 8. The van der Waals surface area contributed by atoms with Crippen molar-refractivity contribution in [3.05, 3.63) is 42.0 Å². The van der Waals surface area contributed by atoms with Crippen LogP contribution in [-0.2, 0) is 44.8 Å². The minimum absolute atomic E-state index is 0.0208. The number of hydrogen-bond donors (Lipinski definition) is 9. The van der Waals surface area contributed by atoms with Crippen LogP contribution in [0.3, 0.4) is 0 Å². The number of phenolic OH excluding ortho intramolecular Hbond substituents is 1. The number of carbonyl (C=O) groups is 8. The fraction of sp³-hybridized carbons (Fsp3) is 0.585. The van der Waals surface area contributed by atoms with Crippen molar-refractivity contribution in [3.63, 3.8) is 0 Å². The fourth-order valence-corrected chi connectivity index (χ4v) is 6.73. The molecule has 2 aliphatic heterocycles. The van der Waals surface area contributed by atoms with Crippen LogP contribution in [0.15, 0.2) is 41.4 Å². The van der Waals surface area contributed by atoms with Gasteiger partial charge in [-0.25, -0.2) is 0 Å². The highest BCUT2D eigenvalue weighted by atomic mass is 16.3. The van der Waals surface area contributed by atoms with Crippen LogP contribution in [0.1, 0.15) is 85.1 Å². The number of nitrogens with one attached hydrogen (secondary N) is 6. The number of aromatic hydroxyl groups is 1. The van der Waals surface area contributed by atoms with E-state index in [1.54, 1.807) is 26.0 Å². The van der Waals surface area contributed by atoms with Crippen LogP contribution in [0.2, 0.25) is 0 Å². The number of phenols is 1. The molecular formula is C41H62N10O9. The van der Waals surface area contributed by atoms with Gasteiger partial charge in [0.2, 0.25) is 41.2 Å². The van der Waals surface area contributed by atoms with E-state index in [0.717, 1.165) is 12.5 Å². The van der Waals surface area contributed by atoms with Gasteiger partial charge in [-0.2, -0.15) is 0 Å². The summed E-state index contributed by atoms with van der Waals surface area (Å²) >= 11 is 0. The number of aliphatic imine (C=N–C) groups is 1. The highest BCUT2D eigenvalue weighted by Crippen LogP contribution is 2.20. The van der Waals surface area contributed by atoms with Crippen LogP contribution >= 0.6 is 0 Å². The number of Topliss-reactive ketones (excluding diaryl/α,β-unsaturated/α-hetero) is 1. The summed E-state index contributed by atoms with van der Waals surface area (Å²) < 4.78 is 0. The molecular weight excluding hydrogens is 777 g/mol. The molecule has 2 unspecified atom stereocenters. The lowest BCUT2D eigenvalue weighted by Crippen LogP contribution is -2.60. The molecule has 2 heterocycles. The number of guanidine groups is 1. The molecule has 0 bridgehead atoms. The second kappa shape index (κ2) is 23.5. The third-order valence-corrected chi connectivity index (χ3v) is 10.7. The molecule has 0 radical (unpaired) electrons. The first-order chi connectivity index (χ1) is 28.4. The van der Waals surface area contributed by atoms with Crippen molar-refractivity contribution >= 4 is 53.1 Å². The number of benzene rings is 1. The van der Waals surface area contributed by atoms with Crippen molar-refractivity contribution in [2.45, 2.75) is 122 Å². The lowest BCUT2D eigenvalue weighted by molar-refractivity contribution is -0.144. The van der Waals surface area contributed by atoms with Gasteiger partial charge in [0, 0.05) is 32.1 Å². The summed E-state index contributed by atoms with van der Waals surface area (Å²) in [6.07, 6.45) is 4.78. The molecule has 1 aromatic carbocycles. The SMILES string of the molecule is CCC(C)CC(=O)N[C@@H](C)C(=O)N[C@H]1CNC(=O)/C=C/[C@H](Cc2ccc(O)cc2)NC(=O)[C@@H]([C@@H](C)CC)NC(=O)C(=O)[C@H](CCCN=C(N)N)NC(=O)C2CCCN2C1=O. The van der Waals surface area contributed by atoms with Crippen LogP contribution in [0.5, 0.6) is 5.75 Å². The predicted molar refractivity (Wildman–Crippen MR) is 222 cm³/mol.